The molecule has 0 atom stereocenters. The van der Waals surface area contributed by atoms with Crippen molar-refractivity contribution in [3.05, 3.63) is 116 Å². The number of aryl methyl sites for hydroxylation is 2. The minimum Gasteiger partial charge on any atom is -0.490 e. The summed E-state index contributed by atoms with van der Waals surface area (Å²) in [6.07, 6.45) is 1.53. The number of carbonyl (C=O) groups is 1. The highest BCUT2D eigenvalue weighted by atomic mass is 16.6. The molecule has 0 aliphatic carbocycles. The molecule has 1 aromatic heterocycles. The Bertz CT molecular complexity index is 1480. The quantitative estimate of drug-likeness (QED) is 0.163. The highest BCUT2D eigenvalue weighted by molar-refractivity contribution is 5.95. The van der Waals surface area contributed by atoms with Crippen LogP contribution >= 0.6 is 0 Å². The standard InChI is InChI=1S/C29H29N5O5/c1-4-38-27-16-24(11-14-26(27)39-19-23-7-5-20(2)6-8-23)17-30-31-29(35)25-12-9-22(10-13-25)18-33-21(3)15-28(32-33)34(36)37/h5-17H,4,18-19H2,1-3H3,(H,31,35)/b30-17+. The smallest absolute Gasteiger partial charge is 0.390 e. The highest BCUT2D eigenvalue weighted by Gasteiger charge is 2.15. The maximum atomic E-state index is 12.5. The van der Waals surface area contributed by atoms with Gasteiger partial charge in [0.15, 0.2) is 11.5 Å². The van der Waals surface area contributed by atoms with Crippen molar-refractivity contribution >= 4 is 17.9 Å². The third-order valence-electron chi connectivity index (χ3n) is 5.87. The molecule has 0 aliphatic rings. The van der Waals surface area contributed by atoms with Gasteiger partial charge in [0.1, 0.15) is 6.61 Å². The fourth-order valence-corrected chi connectivity index (χ4v) is 3.74. The fraction of sp³-hybridized carbons (Fsp3) is 0.207. The van der Waals surface area contributed by atoms with Gasteiger partial charge in [-0.05, 0) is 72.7 Å². The number of hydrogen-bond donors (Lipinski definition) is 1. The largest absolute Gasteiger partial charge is 0.490 e. The van der Waals surface area contributed by atoms with Gasteiger partial charge in [-0.2, -0.15) is 9.78 Å². The zero-order valence-corrected chi connectivity index (χ0v) is 22.0. The summed E-state index contributed by atoms with van der Waals surface area (Å²) >= 11 is 0. The molecule has 10 nitrogen and oxygen atoms in total. The molecule has 0 fully saturated rings. The molecule has 1 amide bonds. The van der Waals surface area contributed by atoms with Gasteiger partial charge in [-0.1, -0.05) is 42.0 Å². The zero-order valence-electron chi connectivity index (χ0n) is 22.0. The molecule has 39 heavy (non-hydrogen) atoms. The van der Waals surface area contributed by atoms with E-state index in [0.717, 1.165) is 16.7 Å². The van der Waals surface area contributed by atoms with Gasteiger partial charge in [0, 0.05) is 5.56 Å². The Hall–Kier alpha value is -4.99. The second-order valence-corrected chi connectivity index (χ2v) is 8.87. The average molecular weight is 528 g/mol. The van der Waals surface area contributed by atoms with E-state index in [0.29, 0.717) is 42.5 Å². The van der Waals surface area contributed by atoms with Gasteiger partial charge in [-0.15, -0.1) is 0 Å². The second kappa shape index (κ2) is 12.5. The summed E-state index contributed by atoms with van der Waals surface area (Å²) in [5.41, 5.74) is 7.47. The van der Waals surface area contributed by atoms with Crippen LogP contribution in [0.2, 0.25) is 0 Å². The molecule has 10 heteroatoms. The first-order valence-electron chi connectivity index (χ1n) is 12.4. The van der Waals surface area contributed by atoms with E-state index in [1.807, 2.05) is 50.2 Å². The van der Waals surface area contributed by atoms with Gasteiger partial charge < -0.3 is 19.6 Å². The summed E-state index contributed by atoms with van der Waals surface area (Å²) in [5.74, 6) is 0.651. The number of aromatic nitrogens is 2. The third-order valence-corrected chi connectivity index (χ3v) is 5.87. The van der Waals surface area contributed by atoms with E-state index < -0.39 is 4.92 Å². The third kappa shape index (κ3) is 7.29. The summed E-state index contributed by atoms with van der Waals surface area (Å²) in [6, 6.07) is 21.9. The Morgan fingerprint density at radius 1 is 1.00 bits per heavy atom. The van der Waals surface area contributed by atoms with Crippen molar-refractivity contribution in [2.45, 2.75) is 33.9 Å². The number of amides is 1. The average Bonchev–Trinajstić information content (AvgIpc) is 3.30. The first-order valence-corrected chi connectivity index (χ1v) is 12.4. The predicted octanol–water partition coefficient (Wildman–Crippen LogP) is 5.20. The van der Waals surface area contributed by atoms with Gasteiger partial charge >= 0.3 is 5.82 Å². The predicted molar refractivity (Wildman–Crippen MR) is 147 cm³/mol. The normalized spacial score (nSPS) is 10.9. The number of benzene rings is 3. The number of nitro groups is 1. The number of ether oxygens (including phenoxy) is 2. The van der Waals surface area contributed by atoms with Crippen molar-refractivity contribution in [1.82, 2.24) is 15.2 Å². The molecule has 0 aliphatic heterocycles. The van der Waals surface area contributed by atoms with E-state index >= 15 is 0 Å². The Labute approximate surface area is 226 Å². The van der Waals surface area contributed by atoms with Crippen molar-refractivity contribution in [3.63, 3.8) is 0 Å². The number of nitrogens with zero attached hydrogens (tertiary/aromatic N) is 4. The van der Waals surface area contributed by atoms with Gasteiger partial charge in [0.05, 0.1) is 36.2 Å². The number of rotatable bonds is 11. The van der Waals surface area contributed by atoms with Gasteiger partial charge in [-0.3, -0.25) is 4.79 Å². The lowest BCUT2D eigenvalue weighted by Gasteiger charge is -2.13. The van der Waals surface area contributed by atoms with Gasteiger partial charge in [0.2, 0.25) is 0 Å². The summed E-state index contributed by atoms with van der Waals surface area (Å²) in [5, 5.41) is 19.0. The van der Waals surface area contributed by atoms with Crippen molar-refractivity contribution in [2.24, 2.45) is 5.10 Å². The van der Waals surface area contributed by atoms with E-state index in [1.54, 1.807) is 41.9 Å². The van der Waals surface area contributed by atoms with Crippen LogP contribution in [0.25, 0.3) is 0 Å². The molecule has 0 saturated heterocycles. The lowest BCUT2D eigenvalue weighted by atomic mass is 10.1. The molecule has 4 rings (SSSR count). The monoisotopic (exact) mass is 527 g/mol. The summed E-state index contributed by atoms with van der Waals surface area (Å²) in [6.45, 7) is 6.95. The van der Waals surface area contributed by atoms with Crippen LogP contribution in [0, 0.1) is 24.0 Å². The lowest BCUT2D eigenvalue weighted by molar-refractivity contribution is -0.389. The topological polar surface area (TPSA) is 121 Å². The van der Waals surface area contributed by atoms with Crippen LogP contribution in [0.4, 0.5) is 5.82 Å². The maximum absolute atomic E-state index is 12.5. The van der Waals surface area contributed by atoms with Crippen LogP contribution in [0.15, 0.2) is 77.9 Å². The minimum atomic E-state index is -0.524. The van der Waals surface area contributed by atoms with E-state index in [-0.39, 0.29) is 11.7 Å². The van der Waals surface area contributed by atoms with Gasteiger partial charge in [-0.25, -0.2) is 5.43 Å². The molecule has 3 aromatic carbocycles. The number of carbonyl (C=O) groups excluding carboxylic acids is 1. The van der Waals surface area contributed by atoms with Crippen molar-refractivity contribution in [1.29, 1.82) is 0 Å². The Balaban J connectivity index is 1.34. The van der Waals surface area contributed by atoms with Crippen LogP contribution in [0.3, 0.4) is 0 Å². The molecule has 1 N–H and O–H groups in total. The van der Waals surface area contributed by atoms with Crippen LogP contribution in [0.5, 0.6) is 11.5 Å². The van der Waals surface area contributed by atoms with E-state index in [9.17, 15) is 14.9 Å². The fourth-order valence-electron chi connectivity index (χ4n) is 3.74. The lowest BCUT2D eigenvalue weighted by Crippen LogP contribution is -2.17. The number of nitrogens with one attached hydrogen (secondary N) is 1. The minimum absolute atomic E-state index is 0.195. The molecule has 200 valence electrons. The molecule has 0 unspecified atom stereocenters. The highest BCUT2D eigenvalue weighted by Crippen LogP contribution is 2.29. The molecule has 0 radical (unpaired) electrons. The van der Waals surface area contributed by atoms with Crippen molar-refractivity contribution in [3.8, 4) is 11.5 Å². The molecular formula is C29H29N5O5. The van der Waals surface area contributed by atoms with Crippen LogP contribution in [-0.4, -0.2) is 33.4 Å². The second-order valence-electron chi connectivity index (χ2n) is 8.87. The molecule has 1 heterocycles. The SMILES string of the molecule is CCOc1cc(/C=N/NC(=O)c2ccc(Cn3nc([N+](=O)[O-])cc3C)cc2)ccc1OCc1ccc(C)cc1. The summed E-state index contributed by atoms with van der Waals surface area (Å²) in [4.78, 5) is 22.9. The van der Waals surface area contributed by atoms with Crippen LogP contribution in [0.1, 0.15) is 45.2 Å². The Morgan fingerprint density at radius 3 is 2.38 bits per heavy atom. The Morgan fingerprint density at radius 2 is 1.72 bits per heavy atom. The van der Waals surface area contributed by atoms with Gasteiger partial charge in [0.25, 0.3) is 5.91 Å². The van der Waals surface area contributed by atoms with E-state index in [1.165, 1.54) is 17.8 Å². The summed E-state index contributed by atoms with van der Waals surface area (Å²) < 4.78 is 13.3. The first-order chi connectivity index (χ1) is 18.8. The molecule has 0 bridgehead atoms. The molecule has 4 aromatic rings. The first kappa shape index (κ1) is 27.1. The molecule has 0 saturated carbocycles. The van der Waals surface area contributed by atoms with Crippen LogP contribution < -0.4 is 14.9 Å². The van der Waals surface area contributed by atoms with Crippen molar-refractivity contribution < 1.29 is 19.2 Å². The van der Waals surface area contributed by atoms with E-state index in [2.05, 4.69) is 15.6 Å². The van der Waals surface area contributed by atoms with Crippen LogP contribution in [-0.2, 0) is 13.2 Å². The molecule has 0 spiro atoms. The maximum Gasteiger partial charge on any atom is 0.390 e. The zero-order chi connectivity index (χ0) is 27.8. The number of hydrogen-bond acceptors (Lipinski definition) is 7. The molecular weight excluding hydrogens is 498 g/mol. The number of hydrazone groups is 1. The Kier molecular flexibility index (Phi) is 8.67. The summed E-state index contributed by atoms with van der Waals surface area (Å²) in [7, 11) is 0. The van der Waals surface area contributed by atoms with Crippen molar-refractivity contribution in [2.75, 3.05) is 6.61 Å². The van der Waals surface area contributed by atoms with E-state index in [4.69, 9.17) is 9.47 Å².